The van der Waals surface area contributed by atoms with E-state index in [1.54, 1.807) is 14.0 Å². The molecular formula is C12H18N2O5S. The topological polar surface area (TPSA) is 89.0 Å². The van der Waals surface area contributed by atoms with Gasteiger partial charge < -0.3 is 19.5 Å². The first kappa shape index (κ1) is 16.5. The van der Waals surface area contributed by atoms with Gasteiger partial charge in [0.15, 0.2) is 0 Å². The second-order valence-corrected chi connectivity index (χ2v) is 5.15. The Labute approximate surface area is 121 Å². The summed E-state index contributed by atoms with van der Waals surface area (Å²) in [5.41, 5.74) is 0.583. The molecule has 1 rings (SSSR count). The van der Waals surface area contributed by atoms with E-state index in [2.05, 4.69) is 4.98 Å². The number of rotatable bonds is 8. The second kappa shape index (κ2) is 7.93. The lowest BCUT2D eigenvalue weighted by Crippen LogP contribution is -2.37. The van der Waals surface area contributed by atoms with Crippen LogP contribution in [-0.4, -0.2) is 60.8 Å². The van der Waals surface area contributed by atoms with Gasteiger partial charge in [0, 0.05) is 20.8 Å². The molecule has 1 heterocycles. The van der Waals surface area contributed by atoms with E-state index in [4.69, 9.17) is 14.6 Å². The SMILES string of the molecule is COCCN(CC(=O)O)C(=O)c1sc(COC)nc1C. The number of methoxy groups -OCH3 is 2. The number of carbonyl (C=O) groups is 2. The molecule has 0 unspecified atom stereocenters. The first-order chi connectivity index (χ1) is 9.49. The van der Waals surface area contributed by atoms with Crippen molar-refractivity contribution in [3.63, 3.8) is 0 Å². The summed E-state index contributed by atoms with van der Waals surface area (Å²) in [6.45, 7) is 2.19. The summed E-state index contributed by atoms with van der Waals surface area (Å²) in [5.74, 6) is -1.41. The third kappa shape index (κ3) is 4.55. The van der Waals surface area contributed by atoms with Gasteiger partial charge in [-0.15, -0.1) is 11.3 Å². The molecular weight excluding hydrogens is 284 g/mol. The van der Waals surface area contributed by atoms with Crippen molar-refractivity contribution < 1.29 is 24.2 Å². The van der Waals surface area contributed by atoms with E-state index in [-0.39, 0.29) is 25.6 Å². The molecule has 0 saturated carbocycles. The van der Waals surface area contributed by atoms with Gasteiger partial charge in [-0.05, 0) is 6.92 Å². The lowest BCUT2D eigenvalue weighted by molar-refractivity contribution is -0.137. The van der Waals surface area contributed by atoms with Crippen molar-refractivity contribution in [1.82, 2.24) is 9.88 Å². The fourth-order valence-electron chi connectivity index (χ4n) is 1.60. The average molecular weight is 302 g/mol. The molecule has 0 aliphatic heterocycles. The minimum absolute atomic E-state index is 0.221. The van der Waals surface area contributed by atoms with Gasteiger partial charge >= 0.3 is 5.97 Å². The molecule has 0 fully saturated rings. The van der Waals surface area contributed by atoms with E-state index in [1.807, 2.05) is 0 Å². The van der Waals surface area contributed by atoms with Crippen LogP contribution in [0.3, 0.4) is 0 Å². The number of aliphatic carboxylic acids is 1. The summed E-state index contributed by atoms with van der Waals surface area (Å²) in [6.07, 6.45) is 0. The van der Waals surface area contributed by atoms with Crippen molar-refractivity contribution in [2.45, 2.75) is 13.5 Å². The number of thiazole rings is 1. The van der Waals surface area contributed by atoms with Gasteiger partial charge in [0.1, 0.15) is 16.4 Å². The number of ether oxygens (including phenoxy) is 2. The summed E-state index contributed by atoms with van der Waals surface area (Å²) in [7, 11) is 3.05. The van der Waals surface area contributed by atoms with Crippen LogP contribution in [0, 0.1) is 6.92 Å². The predicted molar refractivity (Wildman–Crippen MR) is 73.0 cm³/mol. The van der Waals surface area contributed by atoms with E-state index in [1.165, 1.54) is 23.3 Å². The van der Waals surface area contributed by atoms with Crippen LogP contribution in [0.5, 0.6) is 0 Å². The first-order valence-electron chi connectivity index (χ1n) is 5.94. The minimum Gasteiger partial charge on any atom is -0.480 e. The van der Waals surface area contributed by atoms with Gasteiger partial charge in [0.25, 0.3) is 5.91 Å². The highest BCUT2D eigenvalue weighted by Gasteiger charge is 2.23. The molecule has 0 radical (unpaired) electrons. The highest BCUT2D eigenvalue weighted by atomic mass is 32.1. The molecule has 1 N–H and O–H groups in total. The molecule has 1 amide bonds. The fourth-order valence-corrected chi connectivity index (χ4v) is 2.60. The Balaban J connectivity index is 2.89. The third-order valence-electron chi connectivity index (χ3n) is 2.48. The molecule has 0 aromatic carbocycles. The van der Waals surface area contributed by atoms with Crippen LogP contribution in [0.1, 0.15) is 20.4 Å². The number of nitrogens with zero attached hydrogens (tertiary/aromatic N) is 2. The van der Waals surface area contributed by atoms with Gasteiger partial charge in [-0.2, -0.15) is 0 Å². The van der Waals surface area contributed by atoms with Crippen LogP contribution in [-0.2, 0) is 20.9 Å². The number of aryl methyl sites for hydroxylation is 1. The fraction of sp³-hybridized carbons (Fsp3) is 0.583. The molecule has 112 valence electrons. The number of carboxylic acids is 1. The molecule has 0 spiro atoms. The second-order valence-electron chi connectivity index (χ2n) is 4.07. The summed E-state index contributed by atoms with van der Waals surface area (Å²) in [5, 5.41) is 9.56. The van der Waals surface area contributed by atoms with Crippen LogP contribution in [0.4, 0.5) is 0 Å². The highest BCUT2D eigenvalue weighted by molar-refractivity contribution is 7.13. The Hall–Kier alpha value is -1.51. The number of aromatic nitrogens is 1. The Bertz CT molecular complexity index is 474. The van der Waals surface area contributed by atoms with E-state index in [9.17, 15) is 9.59 Å². The van der Waals surface area contributed by atoms with Crippen LogP contribution in [0.2, 0.25) is 0 Å². The quantitative estimate of drug-likeness (QED) is 0.763. The van der Waals surface area contributed by atoms with Crippen molar-refractivity contribution in [2.24, 2.45) is 0 Å². The van der Waals surface area contributed by atoms with Crippen LogP contribution < -0.4 is 0 Å². The Kier molecular flexibility index (Phi) is 6.56. The zero-order valence-corrected chi connectivity index (χ0v) is 12.5. The number of amides is 1. The van der Waals surface area contributed by atoms with E-state index in [0.717, 1.165) is 0 Å². The van der Waals surface area contributed by atoms with Gasteiger partial charge in [-0.25, -0.2) is 4.98 Å². The van der Waals surface area contributed by atoms with Crippen LogP contribution >= 0.6 is 11.3 Å². The Morgan fingerprint density at radius 1 is 1.35 bits per heavy atom. The van der Waals surface area contributed by atoms with Gasteiger partial charge in [0.05, 0.1) is 18.9 Å². The standard InChI is InChI=1S/C12H18N2O5S/c1-8-11(20-9(13-8)7-19-3)12(17)14(4-5-18-2)6-10(15)16/h4-7H2,1-3H3,(H,15,16). The number of hydrogen-bond donors (Lipinski definition) is 1. The lowest BCUT2D eigenvalue weighted by Gasteiger charge is -2.19. The maximum absolute atomic E-state index is 12.4. The van der Waals surface area contributed by atoms with Crippen molar-refractivity contribution in [3.05, 3.63) is 15.6 Å². The smallest absolute Gasteiger partial charge is 0.323 e. The molecule has 0 aliphatic rings. The molecule has 1 aromatic rings. The predicted octanol–water partition coefficient (Wildman–Crippen LogP) is 0.771. The van der Waals surface area contributed by atoms with Crippen molar-refractivity contribution in [2.75, 3.05) is 33.9 Å². The van der Waals surface area contributed by atoms with Gasteiger partial charge in [-0.1, -0.05) is 0 Å². The zero-order valence-electron chi connectivity index (χ0n) is 11.7. The van der Waals surface area contributed by atoms with Crippen LogP contribution in [0.15, 0.2) is 0 Å². The van der Waals surface area contributed by atoms with Crippen molar-refractivity contribution >= 4 is 23.2 Å². The van der Waals surface area contributed by atoms with E-state index in [0.29, 0.717) is 22.2 Å². The van der Waals surface area contributed by atoms with Crippen molar-refractivity contribution in [3.8, 4) is 0 Å². The molecule has 0 saturated heterocycles. The van der Waals surface area contributed by atoms with E-state index < -0.39 is 5.97 Å². The first-order valence-corrected chi connectivity index (χ1v) is 6.76. The largest absolute Gasteiger partial charge is 0.480 e. The average Bonchev–Trinajstić information content (AvgIpc) is 2.74. The lowest BCUT2D eigenvalue weighted by atomic mass is 10.3. The normalized spacial score (nSPS) is 10.6. The number of hydrogen-bond acceptors (Lipinski definition) is 6. The molecule has 20 heavy (non-hydrogen) atoms. The number of carbonyl (C=O) groups excluding carboxylic acids is 1. The molecule has 0 bridgehead atoms. The number of carboxylic acid groups (broad SMARTS) is 1. The monoisotopic (exact) mass is 302 g/mol. The Morgan fingerprint density at radius 2 is 2.05 bits per heavy atom. The molecule has 7 nitrogen and oxygen atoms in total. The third-order valence-corrected chi connectivity index (χ3v) is 3.60. The summed E-state index contributed by atoms with van der Waals surface area (Å²) in [4.78, 5) is 29.1. The molecule has 0 atom stereocenters. The summed E-state index contributed by atoms with van der Waals surface area (Å²) in [6, 6.07) is 0. The zero-order chi connectivity index (χ0) is 15.1. The maximum atomic E-state index is 12.4. The van der Waals surface area contributed by atoms with Crippen LogP contribution in [0.25, 0.3) is 0 Å². The molecule has 1 aromatic heterocycles. The maximum Gasteiger partial charge on any atom is 0.323 e. The molecule has 8 heteroatoms. The van der Waals surface area contributed by atoms with Gasteiger partial charge in [0.2, 0.25) is 0 Å². The highest BCUT2D eigenvalue weighted by Crippen LogP contribution is 2.20. The van der Waals surface area contributed by atoms with Crippen molar-refractivity contribution in [1.29, 1.82) is 0 Å². The van der Waals surface area contributed by atoms with E-state index >= 15 is 0 Å². The summed E-state index contributed by atoms with van der Waals surface area (Å²) >= 11 is 1.22. The molecule has 0 aliphatic carbocycles. The van der Waals surface area contributed by atoms with Gasteiger partial charge in [-0.3, -0.25) is 9.59 Å². The Morgan fingerprint density at radius 3 is 2.60 bits per heavy atom. The summed E-state index contributed by atoms with van der Waals surface area (Å²) < 4.78 is 9.87. The minimum atomic E-state index is -1.06.